The second-order valence-electron chi connectivity index (χ2n) is 30.1. The van der Waals surface area contributed by atoms with E-state index in [2.05, 4.69) is 40.9 Å². The van der Waals surface area contributed by atoms with E-state index in [1.54, 1.807) is 109 Å². The monoisotopic (exact) mass is 1620 g/mol. The van der Waals surface area contributed by atoms with Gasteiger partial charge in [0.2, 0.25) is 0 Å². The Labute approximate surface area is 693 Å². The summed E-state index contributed by atoms with van der Waals surface area (Å²) in [5.41, 5.74) is 28.9. The van der Waals surface area contributed by atoms with E-state index in [0.717, 1.165) is 51.9 Å². The molecule has 0 fully saturated rings. The standard InChI is InChI=1S/C44H48N12O4.C43H47N13O4/c1-51(19-9-21-55-25-23-53(3)43(55)49-47-39-33-13-7-5-11-31(33)27-35(57)37(39)45)41(59)29-15-17-30(18-16-29)42(60)52(2)20-10-22-56-26-24-54(4)44(56)50-48-40-34-14-8-6-12-32(34)28-36(58)38(40)46;1-50(17-9-19-54-25-23-51(2)41(54)48-46-34-27-36(57)38(44)32-13-7-5-11-30(32)34)40(59)29-15-21-56(22-16-29)43(60)53(4)18-10-20-55-26-24-52(3)42(55)49-47-35-28-37(58)39(45)33-14-8-6-12-31(33)35/h5-8,11-18,23-28,43H,9-10,19-22H2,1-4H3,(H5,45,46,47,48,49,57,58,59,60);5-8,11-16,21-28,42,44-45H,9-10,17-20H2,1-4H3,(H2,46,57,59)/p+7. The van der Waals surface area contributed by atoms with Gasteiger partial charge in [-0.2, -0.15) is 28.3 Å². The molecule has 0 saturated heterocycles. The molecule has 0 aliphatic carbocycles. The summed E-state index contributed by atoms with van der Waals surface area (Å²) in [6, 6.07) is 46.2. The molecule has 14 rings (SSSR count). The average molecular weight is 1630 g/mol. The van der Waals surface area contributed by atoms with Crippen molar-refractivity contribution in [2.75, 3.05) is 132 Å². The molecule has 9 aromatic carbocycles. The number of rotatable bonds is 25. The number of amides is 4. The molecular weight excluding hydrogens is 1520 g/mol. The van der Waals surface area contributed by atoms with Crippen molar-refractivity contribution in [1.29, 1.82) is 0 Å². The van der Waals surface area contributed by atoms with Crippen LogP contribution in [0, 0.1) is 0 Å². The zero-order chi connectivity index (χ0) is 85.0. The summed E-state index contributed by atoms with van der Waals surface area (Å²) in [7, 11) is 14.7. The van der Waals surface area contributed by atoms with E-state index in [4.69, 9.17) is 22.9 Å². The molecule has 4 aliphatic rings. The van der Waals surface area contributed by atoms with Crippen LogP contribution < -0.4 is 47.1 Å². The van der Waals surface area contributed by atoms with Gasteiger partial charge in [-0.1, -0.05) is 97.1 Å². The molecule has 0 radical (unpaired) electrons. The van der Waals surface area contributed by atoms with Crippen LogP contribution in [0.5, 0.6) is 23.0 Å². The highest BCUT2D eigenvalue weighted by molar-refractivity contribution is 6.05. The van der Waals surface area contributed by atoms with Crippen molar-refractivity contribution in [3.63, 3.8) is 0 Å². The summed E-state index contributed by atoms with van der Waals surface area (Å²) in [6.45, 7) is 4.75. The van der Waals surface area contributed by atoms with Crippen LogP contribution in [0.3, 0.4) is 0 Å². The summed E-state index contributed by atoms with van der Waals surface area (Å²) in [4.78, 5) is 68.0. The highest BCUT2D eigenvalue weighted by Gasteiger charge is 2.35. The molecule has 16 N–H and O–H groups in total. The normalized spacial score (nSPS) is 17.6. The number of guanidine groups is 2. The smallest absolute Gasteiger partial charge is 0.506 e. The van der Waals surface area contributed by atoms with Gasteiger partial charge in [-0.05, 0) is 69.5 Å². The number of nitrogens with one attached hydrogen (secondary N) is 4. The van der Waals surface area contributed by atoms with Gasteiger partial charge in [0.15, 0.2) is 0 Å². The fraction of sp³-hybridized carbons (Fsp3) is 0.253. The summed E-state index contributed by atoms with van der Waals surface area (Å²) < 4.78 is 5.23. The molecule has 616 valence electrons. The van der Waals surface area contributed by atoms with Crippen LogP contribution >= 0.6 is 0 Å². The maximum Gasteiger partial charge on any atom is 0.524 e. The number of aromatic nitrogens is 1. The lowest BCUT2D eigenvalue weighted by Gasteiger charge is -2.22. The molecule has 1 aromatic heterocycles. The van der Waals surface area contributed by atoms with Gasteiger partial charge in [0, 0.05) is 142 Å². The first-order chi connectivity index (χ1) is 57.8. The molecule has 4 aliphatic heterocycles. The first-order valence-corrected chi connectivity index (χ1v) is 39.4. The Balaban J connectivity index is 0.000000207. The minimum Gasteiger partial charge on any atom is -0.506 e. The predicted octanol–water partition coefficient (Wildman–Crippen LogP) is 7.14. The molecule has 0 saturated carbocycles. The van der Waals surface area contributed by atoms with Gasteiger partial charge in [0.05, 0.1) is 83.3 Å². The number of carbonyl (C=O) groups excluding carboxylic acids is 4. The molecule has 4 amide bonds. The van der Waals surface area contributed by atoms with E-state index in [0.29, 0.717) is 152 Å². The number of azo groups is 4. The van der Waals surface area contributed by atoms with E-state index in [-0.39, 0.29) is 70.7 Å². The van der Waals surface area contributed by atoms with Gasteiger partial charge in [-0.25, -0.2) is 4.90 Å². The third-order valence-electron chi connectivity index (χ3n) is 21.8. The highest BCUT2D eigenvalue weighted by Crippen LogP contribution is 2.42. The largest absolute Gasteiger partial charge is 0.524 e. The number of hydrogen-bond acceptors (Lipinski definition) is 22. The SMILES string of the molecule is CN(CCC[NH+]1C=C[N+](C)=C1N=Nc1c(N)c(O)cc2ccccc12)C(=O)c1ccc(C(=O)N(C)CCC[NH+]2C=CN(C)C2N=Nc2c(N)c(O)cc3ccccc23)cc1.CN(CCC[NH+]1C=C[N+](C)=C1N=Nc1cc(O)c(N)c2ccccc12)C(=O)c1cc[n+](C(=O)N(C)CCC[NH+]2C=CN(C)C2N=Nc2cc(O)c(N)c3ccccc23)cc1. The Morgan fingerprint density at radius 2 is 0.767 bits per heavy atom. The Kier molecular flexibility index (Phi) is 25.9. The molecule has 33 heteroatoms. The topological polar surface area (TPSA) is 399 Å². The van der Waals surface area contributed by atoms with Crippen molar-refractivity contribution < 1.29 is 72.9 Å². The number of fused-ring (bicyclic) bond motifs is 4. The lowest BCUT2D eigenvalue weighted by Crippen LogP contribution is -3.11. The Morgan fingerprint density at radius 3 is 1.22 bits per heavy atom. The number of nitrogen functional groups attached to an aromatic ring is 4. The number of aromatic hydroxyl groups is 4. The van der Waals surface area contributed by atoms with Gasteiger partial charge in [0.25, 0.3) is 30.3 Å². The molecule has 6 atom stereocenters. The van der Waals surface area contributed by atoms with Gasteiger partial charge < -0.3 is 67.9 Å². The Hall–Kier alpha value is -14.4. The maximum absolute atomic E-state index is 13.4. The molecular formula is C87H102N25O8+7. The number of pyridine rings is 1. The van der Waals surface area contributed by atoms with Crippen LogP contribution in [-0.4, -0.2) is 216 Å². The molecule has 5 heterocycles. The van der Waals surface area contributed by atoms with Crippen LogP contribution in [-0.2, 0) is 0 Å². The lowest BCUT2D eigenvalue weighted by molar-refractivity contribution is -0.877. The molecule has 33 nitrogen and oxygen atoms in total. The number of carbonyl (C=O) groups is 4. The maximum atomic E-state index is 13.4. The van der Waals surface area contributed by atoms with Crippen LogP contribution in [0.4, 0.5) is 50.3 Å². The van der Waals surface area contributed by atoms with Crippen molar-refractivity contribution in [1.82, 2.24) is 29.4 Å². The van der Waals surface area contributed by atoms with Crippen LogP contribution in [0.15, 0.2) is 261 Å². The second kappa shape index (κ2) is 37.2. The van der Waals surface area contributed by atoms with E-state index in [1.165, 1.54) is 16.7 Å². The second-order valence-corrected chi connectivity index (χ2v) is 30.1. The predicted molar refractivity (Wildman–Crippen MR) is 459 cm³/mol. The summed E-state index contributed by atoms with van der Waals surface area (Å²) >= 11 is 0. The number of phenolic OH excluding ortho intramolecular Hbond substituents is 4. The van der Waals surface area contributed by atoms with Crippen molar-refractivity contribution >= 4 is 124 Å². The third kappa shape index (κ3) is 18.7. The highest BCUT2D eigenvalue weighted by atomic mass is 16.3. The van der Waals surface area contributed by atoms with Crippen molar-refractivity contribution in [2.45, 2.75) is 38.3 Å². The minimum absolute atomic E-state index is 0.0366. The van der Waals surface area contributed by atoms with Crippen molar-refractivity contribution in [3.8, 4) is 23.0 Å². The fourth-order valence-corrected chi connectivity index (χ4v) is 14.8. The number of quaternary nitrogens is 4. The fourth-order valence-electron chi connectivity index (χ4n) is 14.8. The molecule has 0 spiro atoms. The minimum atomic E-state index is -0.333. The van der Waals surface area contributed by atoms with Gasteiger partial charge >= 0.3 is 18.0 Å². The lowest BCUT2D eigenvalue weighted by atomic mass is 10.1. The van der Waals surface area contributed by atoms with Crippen LogP contribution in [0.2, 0.25) is 0 Å². The third-order valence-corrected chi connectivity index (χ3v) is 21.8. The van der Waals surface area contributed by atoms with Gasteiger partial charge in [-0.3, -0.25) is 24.2 Å². The van der Waals surface area contributed by atoms with Gasteiger partial charge in [-0.15, -0.1) is 20.5 Å². The first kappa shape index (κ1) is 83.5. The van der Waals surface area contributed by atoms with Crippen molar-refractivity contribution in [3.05, 3.63) is 236 Å². The molecule has 10 aromatic rings. The number of nitrogens with zero attached hydrogens (tertiary/aromatic N) is 17. The van der Waals surface area contributed by atoms with Crippen LogP contribution in [0.25, 0.3) is 43.1 Å². The van der Waals surface area contributed by atoms with Crippen molar-refractivity contribution in [2.24, 2.45) is 40.9 Å². The number of hydrogen-bond donors (Lipinski definition) is 12. The number of anilines is 4. The van der Waals surface area contributed by atoms with E-state index >= 15 is 0 Å². The van der Waals surface area contributed by atoms with Gasteiger partial charge in [0.1, 0.15) is 111 Å². The quantitative estimate of drug-likeness (QED) is 0.0117. The summed E-state index contributed by atoms with van der Waals surface area (Å²) in [6.07, 6.45) is 21.1. The van der Waals surface area contributed by atoms with E-state index in [1.807, 2.05) is 194 Å². The molecule has 6 unspecified atom stereocenters. The Bertz CT molecular complexity index is 5890. The average Bonchev–Trinajstić information content (AvgIpc) is 0.965. The van der Waals surface area contributed by atoms with Crippen LogP contribution in [0.1, 0.15) is 56.8 Å². The number of nitrogens with two attached hydrogens (primary N) is 4. The molecule has 0 bridgehead atoms. The van der Waals surface area contributed by atoms with E-state index in [9.17, 15) is 39.6 Å². The zero-order valence-electron chi connectivity index (χ0n) is 68.3. The number of benzene rings is 9. The molecule has 120 heavy (non-hydrogen) atoms. The zero-order valence-corrected chi connectivity index (χ0v) is 68.3. The summed E-state index contributed by atoms with van der Waals surface area (Å²) in [5.74, 6) is 0.765. The summed E-state index contributed by atoms with van der Waals surface area (Å²) in [5, 5.41) is 84.0. The first-order valence-electron chi connectivity index (χ1n) is 39.4. The Morgan fingerprint density at radius 1 is 0.408 bits per heavy atom. The van der Waals surface area contributed by atoms with E-state index < -0.39 is 0 Å². The number of phenols is 4.